The number of nitrogens with zero attached hydrogens (tertiary/aromatic N) is 3. The first-order chi connectivity index (χ1) is 15.6. The van der Waals surface area contributed by atoms with Crippen LogP contribution in [0.2, 0.25) is 0 Å². The van der Waals surface area contributed by atoms with Crippen LogP contribution >= 0.6 is 0 Å². The zero-order chi connectivity index (χ0) is 22.1. The van der Waals surface area contributed by atoms with E-state index in [1.807, 2.05) is 73.8 Å². The fourth-order valence-corrected chi connectivity index (χ4v) is 5.26. The molecular weight excluding hydrogens is 398 g/mol. The maximum atomic E-state index is 12.8. The predicted octanol–water partition coefficient (Wildman–Crippen LogP) is 4.57. The molecule has 2 aromatic carbocycles. The van der Waals surface area contributed by atoms with Gasteiger partial charge in [-0.05, 0) is 53.7 Å². The van der Waals surface area contributed by atoms with E-state index >= 15 is 0 Å². The van der Waals surface area contributed by atoms with Crippen molar-refractivity contribution in [2.75, 3.05) is 0 Å². The summed E-state index contributed by atoms with van der Waals surface area (Å²) in [6.07, 6.45) is 6.94. The molecule has 2 aliphatic carbocycles. The second kappa shape index (κ2) is 8.05. The van der Waals surface area contributed by atoms with Crippen LogP contribution in [0.15, 0.2) is 78.8 Å². The number of carbonyl (C=O) groups is 1. The zero-order valence-electron chi connectivity index (χ0n) is 17.9. The van der Waals surface area contributed by atoms with E-state index < -0.39 is 5.41 Å². The summed E-state index contributed by atoms with van der Waals surface area (Å²) in [4.78, 5) is 21.7. The number of hydrogen-bond acceptors (Lipinski definition) is 5. The Bertz CT molecular complexity index is 1230. The Morgan fingerprint density at radius 3 is 2.69 bits per heavy atom. The topological polar surface area (TPSA) is 75.9 Å². The van der Waals surface area contributed by atoms with E-state index in [0.29, 0.717) is 6.61 Å². The van der Waals surface area contributed by atoms with Gasteiger partial charge in [-0.25, -0.2) is 9.97 Å². The molecule has 0 amide bonds. The summed E-state index contributed by atoms with van der Waals surface area (Å²) in [5.41, 5.74) is 3.67. The fraction of sp³-hybridized carbons (Fsp3) is 0.259. The van der Waals surface area contributed by atoms with Crippen molar-refractivity contribution in [3.63, 3.8) is 0 Å². The molecule has 158 valence electrons. The summed E-state index contributed by atoms with van der Waals surface area (Å²) in [6.45, 7) is 2.43. The molecule has 5 nitrogen and oxygen atoms in total. The SMILES string of the molecule is C[C@@H]1C(=O)C(C#N)=C[C@]2(c3ccc(OCc4ccccc4)cc3)c3ncncc3CC[C@@H]12. The third-order valence-electron chi connectivity index (χ3n) is 6.84. The van der Waals surface area contributed by atoms with Gasteiger partial charge in [0.05, 0.1) is 16.7 Å². The first-order valence-corrected chi connectivity index (χ1v) is 10.9. The number of aryl methyl sites for hydroxylation is 1. The molecule has 0 spiro atoms. The lowest BCUT2D eigenvalue weighted by molar-refractivity contribution is -0.121. The van der Waals surface area contributed by atoms with E-state index in [1.54, 1.807) is 6.33 Å². The zero-order valence-corrected chi connectivity index (χ0v) is 17.9. The number of ether oxygens (including phenoxy) is 1. The number of aromatic nitrogens is 2. The van der Waals surface area contributed by atoms with Crippen molar-refractivity contribution in [3.05, 3.63) is 101 Å². The van der Waals surface area contributed by atoms with E-state index in [2.05, 4.69) is 16.0 Å². The summed E-state index contributed by atoms with van der Waals surface area (Å²) in [5.74, 6) is 0.472. The van der Waals surface area contributed by atoms with Gasteiger partial charge in [0.2, 0.25) is 0 Å². The molecule has 1 aromatic heterocycles. The molecule has 0 saturated carbocycles. The Balaban J connectivity index is 1.58. The maximum absolute atomic E-state index is 12.8. The maximum Gasteiger partial charge on any atom is 0.176 e. The summed E-state index contributed by atoms with van der Waals surface area (Å²) in [6, 6.07) is 20.2. The molecule has 0 saturated heterocycles. The molecule has 5 heteroatoms. The van der Waals surface area contributed by atoms with Gasteiger partial charge in [-0.1, -0.05) is 49.4 Å². The number of Topliss-reactive ketones (excluding diaryl/α,β-unsaturated/α-hetero) is 1. The molecule has 0 unspecified atom stereocenters. The van der Waals surface area contributed by atoms with Crippen LogP contribution in [0.3, 0.4) is 0 Å². The van der Waals surface area contributed by atoms with Crippen LogP contribution in [-0.4, -0.2) is 15.8 Å². The highest BCUT2D eigenvalue weighted by Gasteiger charge is 2.52. The van der Waals surface area contributed by atoms with Gasteiger partial charge in [0, 0.05) is 12.1 Å². The molecule has 1 heterocycles. The molecule has 3 aromatic rings. The summed E-state index contributed by atoms with van der Waals surface area (Å²) in [7, 11) is 0. The smallest absolute Gasteiger partial charge is 0.176 e. The first-order valence-electron chi connectivity index (χ1n) is 10.9. The number of ketones is 1. The number of rotatable bonds is 4. The van der Waals surface area contributed by atoms with Gasteiger partial charge in [-0.2, -0.15) is 5.26 Å². The Morgan fingerprint density at radius 1 is 1.16 bits per heavy atom. The fourth-order valence-electron chi connectivity index (χ4n) is 5.26. The molecular formula is C27H23N3O2. The van der Waals surface area contributed by atoms with E-state index in [-0.39, 0.29) is 23.2 Å². The van der Waals surface area contributed by atoms with Crippen molar-refractivity contribution >= 4 is 5.78 Å². The van der Waals surface area contributed by atoms with Gasteiger partial charge < -0.3 is 4.74 Å². The van der Waals surface area contributed by atoms with Gasteiger partial charge in [0.15, 0.2) is 5.78 Å². The van der Waals surface area contributed by atoms with Crippen molar-refractivity contribution < 1.29 is 9.53 Å². The number of allylic oxidation sites excluding steroid dienone is 2. The largest absolute Gasteiger partial charge is 0.489 e. The minimum absolute atomic E-state index is 0.0330. The van der Waals surface area contributed by atoms with Crippen LogP contribution in [0.1, 0.15) is 35.7 Å². The number of benzene rings is 2. The highest BCUT2D eigenvalue weighted by molar-refractivity contribution is 6.02. The number of hydrogen-bond donors (Lipinski definition) is 0. The van der Waals surface area contributed by atoms with Crippen LogP contribution in [0.25, 0.3) is 0 Å². The first kappa shape index (κ1) is 20.1. The van der Waals surface area contributed by atoms with Crippen molar-refractivity contribution in [1.29, 1.82) is 5.26 Å². The standard InChI is InChI=1S/C27H23N3O2/c1-18-24-12-7-20-15-29-17-30-26(20)27(24,13-21(14-28)25(18)31)22-8-10-23(11-9-22)32-16-19-5-3-2-4-6-19/h2-6,8-11,13,15,17-18,24H,7,12,16H2,1H3/t18-,24-,27+/m0/s1. The molecule has 3 atom stereocenters. The lowest BCUT2D eigenvalue weighted by Crippen LogP contribution is -2.48. The monoisotopic (exact) mass is 421 g/mol. The number of fused-ring (bicyclic) bond motifs is 3. The van der Waals surface area contributed by atoms with E-state index in [4.69, 9.17) is 4.74 Å². The number of nitriles is 1. The molecule has 2 aliphatic rings. The molecule has 0 fully saturated rings. The van der Waals surface area contributed by atoms with Gasteiger partial charge in [-0.15, -0.1) is 0 Å². The van der Waals surface area contributed by atoms with Crippen LogP contribution < -0.4 is 4.74 Å². The van der Waals surface area contributed by atoms with Gasteiger partial charge in [-0.3, -0.25) is 4.79 Å². The molecule has 0 N–H and O–H groups in total. The van der Waals surface area contributed by atoms with E-state index in [0.717, 1.165) is 41.0 Å². The lowest BCUT2D eigenvalue weighted by atomic mass is 9.54. The summed E-state index contributed by atoms with van der Waals surface area (Å²) >= 11 is 0. The van der Waals surface area contributed by atoms with Crippen molar-refractivity contribution in [1.82, 2.24) is 9.97 Å². The van der Waals surface area contributed by atoms with E-state index in [1.165, 1.54) is 0 Å². The van der Waals surface area contributed by atoms with Crippen LogP contribution in [0.4, 0.5) is 0 Å². The molecule has 32 heavy (non-hydrogen) atoms. The molecule has 5 rings (SSSR count). The third kappa shape index (κ3) is 3.20. The average molecular weight is 422 g/mol. The van der Waals surface area contributed by atoms with Gasteiger partial charge in [0.1, 0.15) is 24.8 Å². The van der Waals surface area contributed by atoms with Gasteiger partial charge in [0.25, 0.3) is 0 Å². The minimum atomic E-state index is -0.632. The average Bonchev–Trinajstić information content (AvgIpc) is 2.85. The Hall–Kier alpha value is -3.78. The van der Waals surface area contributed by atoms with Crippen molar-refractivity contribution in [2.45, 2.75) is 31.8 Å². The normalized spacial score (nSPS) is 24.0. The third-order valence-corrected chi connectivity index (χ3v) is 6.84. The van der Waals surface area contributed by atoms with Crippen LogP contribution in [0.5, 0.6) is 5.75 Å². The molecule has 0 bridgehead atoms. The van der Waals surface area contributed by atoms with E-state index in [9.17, 15) is 10.1 Å². The predicted molar refractivity (Wildman–Crippen MR) is 120 cm³/mol. The Labute approximate surface area is 187 Å². The highest BCUT2D eigenvalue weighted by Crippen LogP contribution is 2.53. The Kier molecular flexibility index (Phi) is 5.07. The number of carbonyl (C=O) groups excluding carboxylic acids is 1. The Morgan fingerprint density at radius 2 is 1.94 bits per heavy atom. The second-order valence-electron chi connectivity index (χ2n) is 8.53. The van der Waals surface area contributed by atoms with Crippen LogP contribution in [-0.2, 0) is 23.2 Å². The van der Waals surface area contributed by atoms with Crippen LogP contribution in [0, 0.1) is 23.2 Å². The highest BCUT2D eigenvalue weighted by atomic mass is 16.5. The molecule has 0 aliphatic heterocycles. The summed E-state index contributed by atoms with van der Waals surface area (Å²) < 4.78 is 5.97. The van der Waals surface area contributed by atoms with Gasteiger partial charge >= 0.3 is 0 Å². The van der Waals surface area contributed by atoms with Crippen molar-refractivity contribution in [2.24, 2.45) is 11.8 Å². The lowest BCUT2D eigenvalue weighted by Gasteiger charge is -2.47. The minimum Gasteiger partial charge on any atom is -0.489 e. The summed E-state index contributed by atoms with van der Waals surface area (Å²) in [5, 5.41) is 9.71. The second-order valence-corrected chi connectivity index (χ2v) is 8.53. The molecule has 0 radical (unpaired) electrons. The van der Waals surface area contributed by atoms with Crippen molar-refractivity contribution in [3.8, 4) is 11.8 Å². The quantitative estimate of drug-likeness (QED) is 0.617.